The zero-order chi connectivity index (χ0) is 3.41. The van der Waals surface area contributed by atoms with Crippen LogP contribution in [0.3, 0.4) is 0 Å². The fraction of sp³-hybridized carbons (Fsp3) is 0. The molecule has 0 unspecified atom stereocenters. The van der Waals surface area contributed by atoms with Crippen LogP contribution >= 0.6 is 0 Å². The van der Waals surface area contributed by atoms with Crippen molar-refractivity contribution in [2.45, 2.75) is 0 Å². The first-order valence-corrected chi connectivity index (χ1v) is 1.04. The Bertz CT molecular complexity index is 8.00. The molecule has 0 amide bonds. The largest absolute Gasteiger partial charge is 0.325 e. The Balaban J connectivity index is 1.97. The maximum absolute atomic E-state index is 7.35. The van der Waals surface area contributed by atoms with Crippen molar-refractivity contribution >= 4 is 10.5 Å². The molecule has 0 aliphatic carbocycles. The molecule has 0 atom stereocenters. The molecule has 0 heterocycles. The van der Waals surface area contributed by atoms with E-state index in [0.29, 0.717) is 0 Å². The predicted octanol–water partition coefficient (Wildman–Crippen LogP) is -1.02. The average molecular weight is 76.1 g/mol. The Hall–Kier alpha value is 0.0969. The third-order valence-electron chi connectivity index (χ3n) is 0.0456. The molecule has 0 fully saturated rings. The summed E-state index contributed by atoms with van der Waals surface area (Å²) in [5, 5.41) is 7.35. The van der Waals surface area contributed by atoms with Gasteiger partial charge in [-0.15, -0.1) is 0 Å². The van der Waals surface area contributed by atoms with Crippen LogP contribution in [0.4, 0.5) is 0 Å². The summed E-state index contributed by atoms with van der Waals surface area (Å²) in [6, 6.07) is 0. The van der Waals surface area contributed by atoms with Gasteiger partial charge in [-0.05, 0) is 0 Å². The first-order valence-electron chi connectivity index (χ1n) is 0.632. The third kappa shape index (κ3) is 2.10. The van der Waals surface area contributed by atoms with Crippen molar-refractivity contribution in [3.63, 3.8) is 0 Å². The number of hydrogen-bond acceptors (Lipinski definition) is 3. The van der Waals surface area contributed by atoms with Gasteiger partial charge >= 0.3 is 0 Å². The lowest BCUT2D eigenvalue weighted by molar-refractivity contribution is -0.0378. The lowest BCUT2D eigenvalue weighted by Crippen LogP contribution is -2.03. The summed E-state index contributed by atoms with van der Waals surface area (Å²) in [4.78, 5) is 0. The minimum atomic E-state index is 1.34. The highest BCUT2D eigenvalue weighted by molar-refractivity contribution is 5.97. The molecule has 4 heavy (non-hydrogen) atoms. The Morgan fingerprint density at radius 3 is 2.25 bits per heavy atom. The van der Waals surface area contributed by atoms with E-state index in [4.69, 9.17) is 5.21 Å². The first-order chi connectivity index (χ1) is 1.91. The van der Waals surface area contributed by atoms with Crippen LogP contribution in [0.15, 0.2) is 0 Å². The van der Waals surface area contributed by atoms with Crippen LogP contribution in [-0.4, -0.2) is 15.7 Å². The van der Waals surface area contributed by atoms with Gasteiger partial charge in [0.25, 0.3) is 10.5 Å². The molecule has 0 saturated carbocycles. The molecule has 0 saturated heterocycles. The second-order valence-corrected chi connectivity index (χ2v) is 0.397. The van der Waals surface area contributed by atoms with E-state index < -0.39 is 0 Å². The fourth-order valence-corrected chi connectivity index (χ4v) is 0. The smallest absolute Gasteiger partial charge is 0.284 e. The predicted molar refractivity (Wildman–Crippen MR) is 11.8 cm³/mol. The minimum Gasteiger partial charge on any atom is -0.325 e. The molecule has 3 radical (unpaired) electrons. The van der Waals surface area contributed by atoms with Gasteiger partial charge in [0.1, 0.15) is 0 Å². The van der Waals surface area contributed by atoms with Gasteiger partial charge in [-0.25, -0.2) is 0 Å². The van der Waals surface area contributed by atoms with E-state index in [0.717, 1.165) is 0 Å². The zero-order valence-electron chi connectivity index (χ0n) is 1.86. The summed E-state index contributed by atoms with van der Waals surface area (Å²) in [5.74, 6) is 0. The van der Waals surface area contributed by atoms with Crippen LogP contribution in [-0.2, 0) is 4.53 Å². The topological polar surface area (TPSA) is 41.5 Å². The van der Waals surface area contributed by atoms with E-state index in [9.17, 15) is 0 Å². The highest BCUT2D eigenvalue weighted by atomic mass is 28.2. The molecule has 0 aliphatic heterocycles. The van der Waals surface area contributed by atoms with Gasteiger partial charge in [0, 0.05) is 0 Å². The Morgan fingerprint density at radius 2 is 2.25 bits per heavy atom. The van der Waals surface area contributed by atoms with E-state index >= 15 is 0 Å². The molecule has 2 N–H and O–H groups in total. The molecule has 23 valence electrons. The monoisotopic (exact) mass is 76.0 g/mol. The molecule has 0 aliphatic rings. The van der Waals surface area contributed by atoms with E-state index in [-0.39, 0.29) is 0 Å². The highest BCUT2D eigenvalue weighted by Gasteiger charge is 1.49. The van der Waals surface area contributed by atoms with E-state index in [2.05, 4.69) is 15.0 Å². The SMILES string of the molecule is ONO[Si]. The molecule has 0 aromatic rings. The molecule has 0 spiro atoms. The summed E-state index contributed by atoms with van der Waals surface area (Å²) in [6.07, 6.45) is 0. The van der Waals surface area contributed by atoms with Crippen molar-refractivity contribution in [2.24, 2.45) is 0 Å². The molecule has 3 nitrogen and oxygen atoms in total. The lowest BCUT2D eigenvalue weighted by atomic mass is 13.3. The second kappa shape index (κ2) is 3.10. The van der Waals surface area contributed by atoms with Gasteiger partial charge in [0.15, 0.2) is 0 Å². The standard InChI is InChI=1S/H2NO2Si/c2-1-3-4/h1-2H. The Kier molecular flexibility index (Phi) is 3.17. The molecular formula is H2NO2Si. The highest BCUT2D eigenvalue weighted by Crippen LogP contribution is 1.28. The van der Waals surface area contributed by atoms with Gasteiger partial charge in [-0.1, -0.05) is 5.64 Å². The van der Waals surface area contributed by atoms with Gasteiger partial charge in [0.05, 0.1) is 0 Å². The normalized spacial score (nSPS) is 7.50. The van der Waals surface area contributed by atoms with E-state index in [1.165, 1.54) is 5.64 Å². The number of nitrogens with one attached hydrogen (secondary N) is 1. The lowest BCUT2D eigenvalue weighted by Gasteiger charge is -1.79. The molecule has 4 heteroatoms. The van der Waals surface area contributed by atoms with E-state index in [1.807, 2.05) is 0 Å². The van der Waals surface area contributed by atoms with Crippen molar-refractivity contribution in [3.05, 3.63) is 0 Å². The van der Waals surface area contributed by atoms with E-state index in [1.54, 1.807) is 0 Å². The second-order valence-electron chi connectivity index (χ2n) is 0.193. The number of rotatable bonds is 1. The third-order valence-corrected chi connectivity index (χ3v) is 0.137. The van der Waals surface area contributed by atoms with Crippen molar-refractivity contribution < 1.29 is 9.73 Å². The summed E-state index contributed by atoms with van der Waals surface area (Å²) >= 11 is 0. The van der Waals surface area contributed by atoms with Crippen molar-refractivity contribution in [2.75, 3.05) is 0 Å². The minimum absolute atomic E-state index is 1.34. The van der Waals surface area contributed by atoms with Crippen LogP contribution in [0, 0.1) is 0 Å². The fourth-order valence-electron chi connectivity index (χ4n) is 0. The maximum Gasteiger partial charge on any atom is 0.284 e. The van der Waals surface area contributed by atoms with Gasteiger partial charge in [-0.3, -0.25) is 5.21 Å². The van der Waals surface area contributed by atoms with Gasteiger partial charge < -0.3 is 4.53 Å². The Labute approximate surface area is 27.0 Å². The Morgan fingerprint density at radius 1 is 2.00 bits per heavy atom. The van der Waals surface area contributed by atoms with Crippen molar-refractivity contribution in [1.29, 1.82) is 0 Å². The summed E-state index contributed by atoms with van der Waals surface area (Å²) in [7, 11) is 2.43. The molecule has 0 rings (SSSR count). The summed E-state index contributed by atoms with van der Waals surface area (Å²) in [6.45, 7) is 0. The molecular weight excluding hydrogens is 74.1 g/mol. The summed E-state index contributed by atoms with van der Waals surface area (Å²) in [5.41, 5.74) is 1.34. The van der Waals surface area contributed by atoms with Crippen molar-refractivity contribution in [3.8, 4) is 0 Å². The average Bonchev–Trinajstić information content (AvgIpc) is 1.37. The van der Waals surface area contributed by atoms with Crippen LogP contribution in [0.2, 0.25) is 0 Å². The van der Waals surface area contributed by atoms with Gasteiger partial charge in [-0.2, -0.15) is 0 Å². The van der Waals surface area contributed by atoms with Crippen molar-refractivity contribution in [1.82, 2.24) is 5.64 Å². The van der Waals surface area contributed by atoms with Gasteiger partial charge in [0.2, 0.25) is 0 Å². The van der Waals surface area contributed by atoms with Crippen LogP contribution in [0.25, 0.3) is 0 Å². The number of hydrogen-bond donors (Lipinski definition) is 2. The quantitative estimate of drug-likeness (QED) is 0.310. The van der Waals surface area contributed by atoms with Crippen LogP contribution in [0.5, 0.6) is 0 Å². The summed E-state index contributed by atoms with van der Waals surface area (Å²) < 4.78 is 3.65. The molecule has 0 aromatic carbocycles. The van der Waals surface area contributed by atoms with Crippen LogP contribution in [0.1, 0.15) is 0 Å². The first kappa shape index (κ1) is 4.10. The van der Waals surface area contributed by atoms with Crippen LogP contribution < -0.4 is 5.64 Å². The molecule has 0 bridgehead atoms. The zero-order valence-corrected chi connectivity index (χ0v) is 2.86. The molecule has 0 aromatic heterocycles. The maximum atomic E-state index is 7.35.